The Balaban J connectivity index is 2.04. The van der Waals surface area contributed by atoms with E-state index in [-0.39, 0.29) is 5.82 Å². The molecule has 2 aromatic rings. The van der Waals surface area contributed by atoms with Gasteiger partial charge in [-0.2, -0.15) is 0 Å². The van der Waals surface area contributed by atoms with Crippen molar-refractivity contribution in [2.45, 2.75) is 37.9 Å². The fourth-order valence-electron chi connectivity index (χ4n) is 2.35. The molecule has 0 bridgehead atoms. The maximum atomic E-state index is 10.1. The van der Waals surface area contributed by atoms with Crippen LogP contribution in [-0.2, 0) is 4.74 Å². The van der Waals surface area contributed by atoms with Gasteiger partial charge in [0, 0.05) is 0 Å². The zero-order valence-corrected chi connectivity index (χ0v) is 10.3. The lowest BCUT2D eigenvalue weighted by atomic mass is 10.1. The minimum absolute atomic E-state index is 0.267. The lowest BCUT2D eigenvalue weighted by Gasteiger charge is -2.16. The Bertz CT molecular complexity index is 601. The van der Waals surface area contributed by atoms with Gasteiger partial charge >= 0.3 is 0 Å². The fourth-order valence-corrected chi connectivity index (χ4v) is 2.35. The molecule has 8 nitrogen and oxygen atoms in total. The maximum absolute atomic E-state index is 10.1. The molecule has 4 atom stereocenters. The van der Waals surface area contributed by atoms with Crippen LogP contribution >= 0.6 is 0 Å². The van der Waals surface area contributed by atoms with E-state index >= 15 is 0 Å². The first kappa shape index (κ1) is 12.3. The third-order valence-corrected chi connectivity index (χ3v) is 3.40. The highest BCUT2D eigenvalue weighted by Crippen LogP contribution is 2.32. The zero-order chi connectivity index (χ0) is 13.6. The predicted octanol–water partition coefficient (Wildman–Crippen LogP) is -0.562. The van der Waals surface area contributed by atoms with Crippen LogP contribution in [0.5, 0.6) is 0 Å². The lowest BCUT2D eigenvalue weighted by molar-refractivity contribution is -0.0355. The van der Waals surface area contributed by atoms with Gasteiger partial charge in [0.2, 0.25) is 0 Å². The Labute approximate surface area is 108 Å². The molecule has 4 N–H and O–H groups in total. The molecule has 1 saturated heterocycles. The van der Waals surface area contributed by atoms with Crippen molar-refractivity contribution in [3.05, 3.63) is 12.7 Å². The molecule has 8 heteroatoms. The molecule has 1 aliphatic heterocycles. The van der Waals surface area contributed by atoms with E-state index in [0.29, 0.717) is 17.6 Å². The van der Waals surface area contributed by atoms with E-state index in [4.69, 9.17) is 10.5 Å². The molecule has 102 valence electrons. The molecule has 0 amide bonds. The summed E-state index contributed by atoms with van der Waals surface area (Å²) in [5, 5.41) is 19.9. The number of anilines is 1. The molecule has 0 saturated carbocycles. The highest BCUT2D eigenvalue weighted by atomic mass is 16.6. The van der Waals surface area contributed by atoms with E-state index in [1.165, 1.54) is 12.7 Å². The number of nitrogen functional groups attached to an aromatic ring is 1. The first-order valence-electron chi connectivity index (χ1n) is 6.08. The largest absolute Gasteiger partial charge is 0.388 e. The smallest absolute Gasteiger partial charge is 0.167 e. The van der Waals surface area contributed by atoms with Gasteiger partial charge in [0.1, 0.15) is 24.1 Å². The quantitative estimate of drug-likeness (QED) is 0.665. The molecule has 0 spiro atoms. The number of hydrogen-bond acceptors (Lipinski definition) is 7. The second-order valence-electron chi connectivity index (χ2n) is 4.54. The average molecular weight is 265 g/mol. The van der Waals surface area contributed by atoms with Gasteiger partial charge in [-0.25, -0.2) is 15.0 Å². The summed E-state index contributed by atoms with van der Waals surface area (Å²) in [7, 11) is 0. The van der Waals surface area contributed by atoms with Crippen LogP contribution in [0, 0.1) is 0 Å². The van der Waals surface area contributed by atoms with Gasteiger partial charge in [0.25, 0.3) is 0 Å². The number of imidazole rings is 1. The van der Waals surface area contributed by atoms with E-state index < -0.39 is 24.5 Å². The van der Waals surface area contributed by atoms with Crippen molar-refractivity contribution in [3.63, 3.8) is 0 Å². The molecule has 2 aromatic heterocycles. The molecule has 3 heterocycles. The SMILES string of the molecule is CC[C@@H]1O[C@H](n2cnc3c(N)ncnc32)C(O)C1O. The Kier molecular flexibility index (Phi) is 2.85. The number of nitrogens with zero attached hydrogens (tertiary/aromatic N) is 4. The predicted molar refractivity (Wildman–Crippen MR) is 66.0 cm³/mol. The molecule has 0 radical (unpaired) electrons. The Morgan fingerprint density at radius 1 is 1.32 bits per heavy atom. The average Bonchev–Trinajstić information content (AvgIpc) is 2.94. The van der Waals surface area contributed by atoms with Crippen molar-refractivity contribution in [2.75, 3.05) is 5.73 Å². The van der Waals surface area contributed by atoms with Crippen LogP contribution in [0.25, 0.3) is 11.2 Å². The van der Waals surface area contributed by atoms with Gasteiger partial charge in [-0.1, -0.05) is 6.92 Å². The third kappa shape index (κ3) is 1.76. The molecule has 1 aliphatic rings. The summed E-state index contributed by atoms with van der Waals surface area (Å²) in [5.41, 5.74) is 6.63. The zero-order valence-electron chi connectivity index (χ0n) is 10.3. The molecule has 0 aromatic carbocycles. The number of aliphatic hydroxyl groups excluding tert-OH is 2. The minimum Gasteiger partial charge on any atom is -0.388 e. The van der Waals surface area contributed by atoms with E-state index in [0.717, 1.165) is 0 Å². The summed E-state index contributed by atoms with van der Waals surface area (Å²) in [5.74, 6) is 0.267. The van der Waals surface area contributed by atoms with Gasteiger partial charge in [-0.05, 0) is 6.42 Å². The van der Waals surface area contributed by atoms with Crippen LogP contribution in [0.4, 0.5) is 5.82 Å². The summed E-state index contributed by atoms with van der Waals surface area (Å²) in [4.78, 5) is 12.1. The Morgan fingerprint density at radius 2 is 2.11 bits per heavy atom. The summed E-state index contributed by atoms with van der Waals surface area (Å²) < 4.78 is 7.22. The molecule has 2 unspecified atom stereocenters. The number of aromatic nitrogens is 4. The molecule has 3 rings (SSSR count). The van der Waals surface area contributed by atoms with E-state index in [1.807, 2.05) is 6.92 Å². The van der Waals surface area contributed by atoms with Gasteiger partial charge in [0.15, 0.2) is 17.7 Å². The van der Waals surface area contributed by atoms with Gasteiger partial charge in [-0.15, -0.1) is 0 Å². The first-order chi connectivity index (χ1) is 9.13. The molecule has 0 aliphatic carbocycles. The third-order valence-electron chi connectivity index (χ3n) is 3.40. The van der Waals surface area contributed by atoms with Crippen molar-refractivity contribution < 1.29 is 14.9 Å². The Morgan fingerprint density at radius 3 is 2.79 bits per heavy atom. The van der Waals surface area contributed by atoms with Crippen molar-refractivity contribution >= 4 is 17.0 Å². The number of ether oxygens (including phenoxy) is 1. The van der Waals surface area contributed by atoms with Crippen molar-refractivity contribution in [2.24, 2.45) is 0 Å². The topological polar surface area (TPSA) is 119 Å². The van der Waals surface area contributed by atoms with Crippen LogP contribution in [0.2, 0.25) is 0 Å². The monoisotopic (exact) mass is 265 g/mol. The summed E-state index contributed by atoms with van der Waals surface area (Å²) >= 11 is 0. The number of rotatable bonds is 2. The fraction of sp³-hybridized carbons (Fsp3) is 0.545. The van der Waals surface area contributed by atoms with Gasteiger partial charge in [-0.3, -0.25) is 4.57 Å². The van der Waals surface area contributed by atoms with Gasteiger partial charge in [0.05, 0.1) is 12.4 Å². The number of nitrogens with two attached hydrogens (primary N) is 1. The highest BCUT2D eigenvalue weighted by Gasteiger charge is 2.43. The number of aliphatic hydroxyl groups is 2. The maximum Gasteiger partial charge on any atom is 0.167 e. The number of hydrogen-bond donors (Lipinski definition) is 3. The van der Waals surface area contributed by atoms with Crippen molar-refractivity contribution in [3.8, 4) is 0 Å². The van der Waals surface area contributed by atoms with Crippen molar-refractivity contribution in [1.82, 2.24) is 19.5 Å². The summed E-state index contributed by atoms with van der Waals surface area (Å²) in [6.07, 6.45) is 0.332. The standard InChI is InChI=1S/C11H15N5O3/c1-2-5-7(17)8(18)11(19-5)16-4-15-6-9(12)13-3-14-10(6)16/h3-5,7-8,11,17-18H,2H2,1H3,(H2,12,13,14)/t5-,7?,8?,11-/m0/s1. The molecule has 1 fully saturated rings. The minimum atomic E-state index is -1.03. The summed E-state index contributed by atoms with van der Waals surface area (Å²) in [6.45, 7) is 1.88. The van der Waals surface area contributed by atoms with E-state index in [9.17, 15) is 10.2 Å². The van der Waals surface area contributed by atoms with Crippen LogP contribution in [0.15, 0.2) is 12.7 Å². The highest BCUT2D eigenvalue weighted by molar-refractivity contribution is 5.81. The second-order valence-corrected chi connectivity index (χ2v) is 4.54. The van der Waals surface area contributed by atoms with Crippen LogP contribution in [0.1, 0.15) is 19.6 Å². The van der Waals surface area contributed by atoms with Crippen LogP contribution < -0.4 is 5.73 Å². The lowest BCUT2D eigenvalue weighted by Crippen LogP contribution is -2.31. The second kappa shape index (κ2) is 4.41. The number of fused-ring (bicyclic) bond motifs is 1. The van der Waals surface area contributed by atoms with Gasteiger partial charge < -0.3 is 20.7 Å². The first-order valence-corrected chi connectivity index (χ1v) is 6.08. The Hall–Kier alpha value is -1.77. The molecular weight excluding hydrogens is 250 g/mol. The molecule has 19 heavy (non-hydrogen) atoms. The van der Waals surface area contributed by atoms with Crippen LogP contribution in [0.3, 0.4) is 0 Å². The van der Waals surface area contributed by atoms with E-state index in [1.54, 1.807) is 4.57 Å². The normalized spacial score (nSPS) is 31.1. The van der Waals surface area contributed by atoms with E-state index in [2.05, 4.69) is 15.0 Å². The summed E-state index contributed by atoms with van der Waals surface area (Å²) in [6, 6.07) is 0. The molecular formula is C11H15N5O3. The van der Waals surface area contributed by atoms with Crippen molar-refractivity contribution in [1.29, 1.82) is 0 Å². The van der Waals surface area contributed by atoms with Crippen LogP contribution in [-0.4, -0.2) is 48.0 Å².